The van der Waals surface area contributed by atoms with Crippen molar-refractivity contribution in [3.05, 3.63) is 64.7 Å². The minimum Gasteiger partial charge on any atom is -0.462 e. The quantitative estimate of drug-likeness (QED) is 0.730. The van der Waals surface area contributed by atoms with Crippen molar-refractivity contribution < 1.29 is 19.1 Å². The molecule has 0 radical (unpaired) electrons. The molecule has 2 aromatic carbocycles. The summed E-state index contributed by atoms with van der Waals surface area (Å²) in [7, 11) is 0. The highest BCUT2D eigenvalue weighted by Crippen LogP contribution is 2.16. The predicted octanol–water partition coefficient (Wildman–Crippen LogP) is 2.81. The minimum atomic E-state index is -0.518. The Labute approximate surface area is 156 Å². The summed E-state index contributed by atoms with van der Waals surface area (Å²) in [6.45, 7) is 1.74. The number of benzene rings is 2. The van der Waals surface area contributed by atoms with Gasteiger partial charge in [0.15, 0.2) is 0 Å². The molecule has 2 N–H and O–H groups in total. The Morgan fingerprint density at radius 2 is 1.69 bits per heavy atom. The molecule has 26 heavy (non-hydrogen) atoms. The van der Waals surface area contributed by atoms with E-state index in [1.165, 1.54) is 0 Å². The van der Waals surface area contributed by atoms with E-state index in [4.69, 9.17) is 16.3 Å². The molecule has 0 bridgehead atoms. The molecular formula is C19H19ClN2O4. The normalized spacial score (nSPS) is 10.1. The Balaban J connectivity index is 1.88. The lowest BCUT2D eigenvalue weighted by Gasteiger charge is -2.11. The van der Waals surface area contributed by atoms with E-state index in [9.17, 15) is 14.4 Å². The first-order valence-corrected chi connectivity index (χ1v) is 8.44. The van der Waals surface area contributed by atoms with Crippen LogP contribution in [0.5, 0.6) is 0 Å². The number of carbonyl (C=O) groups excluding carboxylic acids is 3. The van der Waals surface area contributed by atoms with E-state index >= 15 is 0 Å². The highest BCUT2D eigenvalue weighted by molar-refractivity contribution is 6.30. The van der Waals surface area contributed by atoms with Gasteiger partial charge in [0.1, 0.15) is 0 Å². The minimum absolute atomic E-state index is 0.143. The molecule has 6 nitrogen and oxygen atoms in total. The summed E-state index contributed by atoms with van der Waals surface area (Å²) in [4.78, 5) is 35.9. The molecule has 2 amide bonds. The lowest BCUT2D eigenvalue weighted by Crippen LogP contribution is -2.34. The lowest BCUT2D eigenvalue weighted by atomic mass is 10.1. The van der Waals surface area contributed by atoms with Gasteiger partial charge in [0, 0.05) is 5.02 Å². The van der Waals surface area contributed by atoms with Gasteiger partial charge in [0.2, 0.25) is 11.8 Å². The van der Waals surface area contributed by atoms with Crippen molar-refractivity contribution in [2.75, 3.05) is 18.5 Å². The molecule has 0 spiro atoms. The third-order valence-electron chi connectivity index (χ3n) is 3.42. The monoisotopic (exact) mass is 374 g/mol. The Morgan fingerprint density at radius 1 is 1.00 bits per heavy atom. The summed E-state index contributed by atoms with van der Waals surface area (Å²) in [5, 5.41) is 5.74. The van der Waals surface area contributed by atoms with E-state index in [1.807, 2.05) is 0 Å². The van der Waals surface area contributed by atoms with Crippen LogP contribution in [0.15, 0.2) is 48.5 Å². The summed E-state index contributed by atoms with van der Waals surface area (Å²) in [5.74, 6) is -1.25. The van der Waals surface area contributed by atoms with Gasteiger partial charge in [0.25, 0.3) is 0 Å². The van der Waals surface area contributed by atoms with E-state index in [1.54, 1.807) is 55.5 Å². The standard InChI is InChI=1S/C19H19ClN2O4/c1-2-26-19(25)15-5-3-4-6-16(15)22-18(24)12-21-17(23)11-13-7-9-14(20)10-8-13/h3-10H,2,11-12H2,1H3,(H,21,23)(H,22,24). The topological polar surface area (TPSA) is 84.5 Å². The number of rotatable bonds is 7. The van der Waals surface area contributed by atoms with Crippen molar-refractivity contribution in [3.8, 4) is 0 Å². The summed E-state index contributed by atoms with van der Waals surface area (Å²) in [6, 6.07) is 13.4. The average molecular weight is 375 g/mol. The van der Waals surface area contributed by atoms with Crippen molar-refractivity contribution in [1.29, 1.82) is 0 Å². The maximum atomic E-state index is 12.1. The van der Waals surface area contributed by atoms with E-state index in [0.29, 0.717) is 10.7 Å². The molecule has 0 heterocycles. The van der Waals surface area contributed by atoms with Gasteiger partial charge in [-0.25, -0.2) is 4.79 Å². The number of nitrogens with one attached hydrogen (secondary N) is 2. The first-order chi connectivity index (χ1) is 12.5. The molecule has 0 aliphatic carbocycles. The van der Waals surface area contributed by atoms with E-state index < -0.39 is 11.9 Å². The first kappa shape index (κ1) is 19.5. The lowest BCUT2D eigenvalue weighted by molar-refractivity contribution is -0.123. The zero-order chi connectivity index (χ0) is 18.9. The van der Waals surface area contributed by atoms with Gasteiger partial charge < -0.3 is 15.4 Å². The van der Waals surface area contributed by atoms with Crippen LogP contribution in [0.2, 0.25) is 5.02 Å². The summed E-state index contributed by atoms with van der Waals surface area (Å²) in [6.07, 6.45) is 0.143. The van der Waals surface area contributed by atoms with Crippen LogP contribution in [0, 0.1) is 0 Å². The zero-order valence-electron chi connectivity index (χ0n) is 14.3. The maximum absolute atomic E-state index is 12.1. The number of hydrogen-bond donors (Lipinski definition) is 2. The first-order valence-electron chi connectivity index (χ1n) is 8.06. The van der Waals surface area contributed by atoms with Crippen molar-refractivity contribution in [2.45, 2.75) is 13.3 Å². The Morgan fingerprint density at radius 3 is 2.38 bits per heavy atom. The van der Waals surface area contributed by atoms with Crippen LogP contribution in [0.25, 0.3) is 0 Å². The number of esters is 1. The van der Waals surface area contributed by atoms with Gasteiger partial charge in [-0.15, -0.1) is 0 Å². The van der Waals surface area contributed by atoms with Crippen molar-refractivity contribution in [2.24, 2.45) is 0 Å². The highest BCUT2D eigenvalue weighted by Gasteiger charge is 2.14. The molecular weight excluding hydrogens is 356 g/mol. The predicted molar refractivity (Wildman–Crippen MR) is 99.2 cm³/mol. The fourth-order valence-corrected chi connectivity index (χ4v) is 2.33. The summed E-state index contributed by atoms with van der Waals surface area (Å²) >= 11 is 5.80. The van der Waals surface area contributed by atoms with Crippen LogP contribution < -0.4 is 10.6 Å². The van der Waals surface area contributed by atoms with Crippen LogP contribution in [-0.2, 0) is 20.7 Å². The number of para-hydroxylation sites is 1. The summed E-state index contributed by atoms with van der Waals surface area (Å²) < 4.78 is 4.95. The fourth-order valence-electron chi connectivity index (χ4n) is 2.20. The molecule has 0 aliphatic heterocycles. The van der Waals surface area contributed by atoms with Gasteiger partial charge in [0.05, 0.1) is 30.8 Å². The third-order valence-corrected chi connectivity index (χ3v) is 3.67. The van der Waals surface area contributed by atoms with Gasteiger partial charge in [-0.05, 0) is 36.8 Å². The van der Waals surface area contributed by atoms with Crippen LogP contribution in [-0.4, -0.2) is 30.9 Å². The second-order valence-corrected chi connectivity index (χ2v) is 5.83. The molecule has 2 aromatic rings. The molecule has 0 saturated heterocycles. The SMILES string of the molecule is CCOC(=O)c1ccccc1NC(=O)CNC(=O)Cc1ccc(Cl)cc1. The molecule has 2 rings (SSSR count). The van der Waals surface area contributed by atoms with Gasteiger partial charge in [-0.2, -0.15) is 0 Å². The van der Waals surface area contributed by atoms with Crippen molar-refractivity contribution in [1.82, 2.24) is 5.32 Å². The number of amides is 2. The maximum Gasteiger partial charge on any atom is 0.340 e. The van der Waals surface area contributed by atoms with E-state index in [0.717, 1.165) is 5.56 Å². The van der Waals surface area contributed by atoms with Crippen LogP contribution in [0.3, 0.4) is 0 Å². The van der Waals surface area contributed by atoms with Crippen LogP contribution in [0.1, 0.15) is 22.8 Å². The second kappa shape index (κ2) is 9.58. The van der Waals surface area contributed by atoms with Crippen LogP contribution in [0.4, 0.5) is 5.69 Å². The van der Waals surface area contributed by atoms with Gasteiger partial charge in [-0.3, -0.25) is 9.59 Å². The largest absolute Gasteiger partial charge is 0.462 e. The highest BCUT2D eigenvalue weighted by atomic mass is 35.5. The molecule has 0 aromatic heterocycles. The number of anilines is 1. The average Bonchev–Trinajstić information content (AvgIpc) is 2.62. The Bertz CT molecular complexity index is 790. The smallest absolute Gasteiger partial charge is 0.340 e. The molecule has 7 heteroatoms. The van der Waals surface area contributed by atoms with Crippen molar-refractivity contribution in [3.63, 3.8) is 0 Å². The Kier molecular flexibility index (Phi) is 7.17. The number of hydrogen-bond acceptors (Lipinski definition) is 4. The zero-order valence-corrected chi connectivity index (χ0v) is 15.0. The molecule has 0 fully saturated rings. The number of halogens is 1. The van der Waals surface area contributed by atoms with E-state index in [-0.39, 0.29) is 31.0 Å². The number of carbonyl (C=O) groups is 3. The van der Waals surface area contributed by atoms with Gasteiger partial charge >= 0.3 is 5.97 Å². The van der Waals surface area contributed by atoms with Crippen LogP contribution >= 0.6 is 11.6 Å². The summed E-state index contributed by atoms with van der Waals surface area (Å²) in [5.41, 5.74) is 1.39. The Hall–Kier alpha value is -2.86. The third kappa shape index (κ3) is 5.89. The second-order valence-electron chi connectivity index (χ2n) is 5.39. The van der Waals surface area contributed by atoms with Crippen molar-refractivity contribution >= 4 is 35.1 Å². The van der Waals surface area contributed by atoms with E-state index in [2.05, 4.69) is 10.6 Å². The fraction of sp³-hybridized carbons (Fsp3) is 0.211. The molecule has 0 saturated carbocycles. The van der Waals surface area contributed by atoms with Gasteiger partial charge in [-0.1, -0.05) is 35.9 Å². The number of ether oxygens (including phenoxy) is 1. The molecule has 136 valence electrons. The molecule has 0 atom stereocenters. The molecule has 0 unspecified atom stereocenters. The molecule has 0 aliphatic rings.